The molecule has 0 fully saturated rings. The number of tetrazole rings is 1. The first-order chi connectivity index (χ1) is 19.6. The first kappa shape index (κ1) is 25.6. The molecule has 0 saturated heterocycles. The van der Waals surface area contributed by atoms with E-state index in [1.54, 1.807) is 11.8 Å². The molecule has 0 bridgehead atoms. The molecule has 1 aliphatic heterocycles. The second-order valence-electron chi connectivity index (χ2n) is 9.83. The van der Waals surface area contributed by atoms with Gasteiger partial charge in [-0.25, -0.2) is 4.68 Å². The van der Waals surface area contributed by atoms with E-state index in [9.17, 15) is 4.79 Å². The number of hydrogen-bond acceptors (Lipinski definition) is 8. The van der Waals surface area contributed by atoms with Crippen molar-refractivity contribution < 1.29 is 14.2 Å². The van der Waals surface area contributed by atoms with Crippen LogP contribution in [0.2, 0.25) is 0 Å². The van der Waals surface area contributed by atoms with Crippen LogP contribution in [0.5, 0.6) is 17.2 Å². The van der Waals surface area contributed by atoms with Crippen molar-refractivity contribution in [2.24, 2.45) is 0 Å². The number of aromatic nitrogens is 5. The SMILES string of the molecule is CCc1ccc2[nH]c(=O)c(CN(Cc3ccc4c(c3)OCO4)Cc3nnnn3Cc3ccc(OC)cc3)cc2c1. The highest BCUT2D eigenvalue weighted by Crippen LogP contribution is 2.33. The van der Waals surface area contributed by atoms with Gasteiger partial charge in [-0.15, -0.1) is 5.10 Å². The number of ether oxygens (including phenoxy) is 3. The number of methoxy groups -OCH3 is 1. The Balaban J connectivity index is 1.29. The van der Waals surface area contributed by atoms with Crippen LogP contribution in [0.25, 0.3) is 10.9 Å². The zero-order valence-electron chi connectivity index (χ0n) is 22.5. The summed E-state index contributed by atoms with van der Waals surface area (Å²) >= 11 is 0. The van der Waals surface area contributed by atoms with Crippen molar-refractivity contribution in [3.05, 3.63) is 105 Å². The van der Waals surface area contributed by atoms with Gasteiger partial charge in [0, 0.05) is 24.2 Å². The van der Waals surface area contributed by atoms with Gasteiger partial charge in [0.2, 0.25) is 6.79 Å². The Labute approximate surface area is 231 Å². The quantitative estimate of drug-likeness (QED) is 0.284. The predicted octanol–water partition coefficient (Wildman–Crippen LogP) is 4.07. The van der Waals surface area contributed by atoms with E-state index < -0.39 is 0 Å². The molecule has 0 saturated carbocycles. The third-order valence-corrected chi connectivity index (χ3v) is 7.09. The van der Waals surface area contributed by atoms with Crippen molar-refractivity contribution in [2.75, 3.05) is 13.9 Å². The van der Waals surface area contributed by atoms with Crippen LogP contribution in [-0.4, -0.2) is 44.0 Å². The zero-order chi connectivity index (χ0) is 27.5. The summed E-state index contributed by atoms with van der Waals surface area (Å²) in [6.45, 7) is 4.25. The van der Waals surface area contributed by atoms with Crippen LogP contribution >= 0.6 is 0 Å². The van der Waals surface area contributed by atoms with Crippen LogP contribution in [0.4, 0.5) is 0 Å². The Hall–Kier alpha value is -4.70. The molecule has 40 heavy (non-hydrogen) atoms. The van der Waals surface area contributed by atoms with Crippen LogP contribution in [0.1, 0.15) is 35.0 Å². The molecule has 0 amide bonds. The Kier molecular flexibility index (Phi) is 7.15. The number of nitrogens with zero attached hydrogens (tertiary/aromatic N) is 5. The number of aryl methyl sites for hydroxylation is 1. The molecule has 2 aromatic heterocycles. The molecule has 0 atom stereocenters. The standard InChI is InChI=1S/C30H30N6O4/c1-3-20-6-10-26-23(12-20)14-24(30(37)31-26)17-35(15-22-7-11-27-28(13-22)40-19-39-27)18-29-32-33-34-36(29)16-21-4-8-25(38-2)9-5-21/h4-14H,3,15-19H2,1-2H3,(H,31,37). The van der Waals surface area contributed by atoms with E-state index in [1.807, 2.05) is 60.7 Å². The number of aromatic amines is 1. The Morgan fingerprint density at radius 3 is 2.55 bits per heavy atom. The smallest absolute Gasteiger partial charge is 0.252 e. The maximum Gasteiger partial charge on any atom is 0.252 e. The van der Waals surface area contributed by atoms with Gasteiger partial charge < -0.3 is 19.2 Å². The summed E-state index contributed by atoms with van der Waals surface area (Å²) in [6.07, 6.45) is 0.928. The lowest BCUT2D eigenvalue weighted by Gasteiger charge is -2.22. The van der Waals surface area contributed by atoms with Gasteiger partial charge in [-0.05, 0) is 81.4 Å². The van der Waals surface area contributed by atoms with Crippen molar-refractivity contribution in [3.8, 4) is 17.2 Å². The molecule has 5 aromatic rings. The van der Waals surface area contributed by atoms with Crippen LogP contribution in [0, 0.1) is 0 Å². The van der Waals surface area contributed by atoms with Crippen LogP contribution in [0.15, 0.2) is 71.5 Å². The summed E-state index contributed by atoms with van der Waals surface area (Å²) < 4.78 is 18.1. The van der Waals surface area contributed by atoms with Gasteiger partial charge in [0.25, 0.3) is 5.56 Å². The number of H-pyrrole nitrogens is 1. The number of nitrogens with one attached hydrogen (secondary N) is 1. The summed E-state index contributed by atoms with van der Waals surface area (Å²) in [7, 11) is 1.65. The van der Waals surface area contributed by atoms with Crippen molar-refractivity contribution >= 4 is 10.9 Å². The molecule has 6 rings (SSSR count). The van der Waals surface area contributed by atoms with Gasteiger partial charge in [-0.1, -0.05) is 31.2 Å². The van der Waals surface area contributed by atoms with E-state index >= 15 is 0 Å². The molecule has 3 heterocycles. The molecule has 1 aliphatic rings. The number of fused-ring (bicyclic) bond motifs is 2. The molecule has 10 heteroatoms. The number of hydrogen-bond donors (Lipinski definition) is 1. The fourth-order valence-electron chi connectivity index (χ4n) is 4.91. The third kappa shape index (κ3) is 5.52. The highest BCUT2D eigenvalue weighted by atomic mass is 16.7. The van der Waals surface area contributed by atoms with Crippen LogP contribution in [-0.2, 0) is 32.6 Å². The van der Waals surface area contributed by atoms with E-state index in [1.165, 1.54) is 5.56 Å². The topological polar surface area (TPSA) is 107 Å². The molecular formula is C30H30N6O4. The van der Waals surface area contributed by atoms with E-state index in [4.69, 9.17) is 14.2 Å². The van der Waals surface area contributed by atoms with E-state index in [2.05, 4.69) is 38.4 Å². The summed E-state index contributed by atoms with van der Waals surface area (Å²) in [5, 5.41) is 13.5. The highest BCUT2D eigenvalue weighted by Gasteiger charge is 2.19. The summed E-state index contributed by atoms with van der Waals surface area (Å²) in [4.78, 5) is 18.3. The molecule has 0 unspecified atom stereocenters. The van der Waals surface area contributed by atoms with Gasteiger partial charge >= 0.3 is 0 Å². The molecule has 0 spiro atoms. The lowest BCUT2D eigenvalue weighted by Crippen LogP contribution is -2.28. The first-order valence-corrected chi connectivity index (χ1v) is 13.2. The minimum absolute atomic E-state index is 0.106. The zero-order valence-corrected chi connectivity index (χ0v) is 22.5. The average molecular weight is 539 g/mol. The predicted molar refractivity (Wildman–Crippen MR) is 149 cm³/mol. The Morgan fingerprint density at radius 1 is 0.925 bits per heavy atom. The van der Waals surface area contributed by atoms with Gasteiger partial charge in [-0.2, -0.15) is 0 Å². The van der Waals surface area contributed by atoms with E-state index in [0.717, 1.165) is 45.7 Å². The van der Waals surface area contributed by atoms with Crippen molar-refractivity contribution in [2.45, 2.75) is 39.5 Å². The molecule has 0 radical (unpaired) electrons. The van der Waals surface area contributed by atoms with Crippen LogP contribution < -0.4 is 19.8 Å². The molecule has 3 aromatic carbocycles. The maximum absolute atomic E-state index is 13.1. The van der Waals surface area contributed by atoms with Crippen molar-refractivity contribution in [1.82, 2.24) is 30.1 Å². The van der Waals surface area contributed by atoms with Gasteiger partial charge in [0.05, 0.1) is 20.2 Å². The summed E-state index contributed by atoms with van der Waals surface area (Å²) in [6, 6.07) is 21.9. The molecule has 204 valence electrons. The Morgan fingerprint density at radius 2 is 1.73 bits per heavy atom. The second-order valence-corrected chi connectivity index (χ2v) is 9.83. The minimum Gasteiger partial charge on any atom is -0.497 e. The van der Waals surface area contributed by atoms with Gasteiger partial charge in [0.15, 0.2) is 17.3 Å². The molecule has 0 aliphatic carbocycles. The average Bonchev–Trinajstić information content (AvgIpc) is 3.62. The normalized spacial score (nSPS) is 12.4. The van der Waals surface area contributed by atoms with Crippen LogP contribution in [0.3, 0.4) is 0 Å². The van der Waals surface area contributed by atoms with Gasteiger partial charge in [0.1, 0.15) is 5.75 Å². The fourth-order valence-corrected chi connectivity index (χ4v) is 4.91. The largest absolute Gasteiger partial charge is 0.497 e. The third-order valence-electron chi connectivity index (χ3n) is 7.09. The first-order valence-electron chi connectivity index (χ1n) is 13.2. The summed E-state index contributed by atoms with van der Waals surface area (Å²) in [5.74, 6) is 2.94. The second kappa shape index (κ2) is 11.2. The molecule has 1 N–H and O–H groups in total. The fraction of sp³-hybridized carbons (Fsp3) is 0.267. The number of benzene rings is 3. The number of pyridine rings is 1. The lowest BCUT2D eigenvalue weighted by molar-refractivity contribution is 0.174. The minimum atomic E-state index is -0.106. The Bertz CT molecular complexity index is 1700. The van der Waals surface area contributed by atoms with Crippen molar-refractivity contribution in [3.63, 3.8) is 0 Å². The molecule has 10 nitrogen and oxygen atoms in total. The summed E-state index contributed by atoms with van der Waals surface area (Å²) in [5.41, 5.74) is 4.70. The highest BCUT2D eigenvalue weighted by molar-refractivity contribution is 5.79. The van der Waals surface area contributed by atoms with Crippen molar-refractivity contribution in [1.29, 1.82) is 0 Å². The maximum atomic E-state index is 13.1. The number of rotatable bonds is 10. The molecular weight excluding hydrogens is 508 g/mol. The lowest BCUT2D eigenvalue weighted by atomic mass is 10.1. The monoisotopic (exact) mass is 538 g/mol. The van der Waals surface area contributed by atoms with E-state index in [0.29, 0.717) is 37.6 Å². The van der Waals surface area contributed by atoms with E-state index in [-0.39, 0.29) is 12.4 Å². The van der Waals surface area contributed by atoms with Gasteiger partial charge in [-0.3, -0.25) is 9.69 Å².